The smallest absolute Gasteiger partial charge is 0.165 e. The van der Waals surface area contributed by atoms with E-state index in [9.17, 15) is 10.2 Å². The second-order valence-corrected chi connectivity index (χ2v) is 6.13. The molecule has 0 saturated carbocycles. The Hall–Kier alpha value is -2.20. The van der Waals surface area contributed by atoms with Gasteiger partial charge in [-0.05, 0) is 48.7 Å². The zero-order chi connectivity index (χ0) is 15.4. The minimum atomic E-state index is -0.0640. The first-order valence-corrected chi connectivity index (χ1v) is 7.56. The van der Waals surface area contributed by atoms with Gasteiger partial charge < -0.3 is 14.9 Å². The molecule has 0 fully saturated rings. The van der Waals surface area contributed by atoms with Crippen LogP contribution >= 0.6 is 0 Å². The molecule has 4 rings (SSSR count). The van der Waals surface area contributed by atoms with E-state index in [1.165, 1.54) is 11.1 Å². The molecule has 0 aromatic heterocycles. The molecule has 0 unspecified atom stereocenters. The summed E-state index contributed by atoms with van der Waals surface area (Å²) in [5.74, 6) is 0.836. The summed E-state index contributed by atoms with van der Waals surface area (Å²) in [5.41, 5.74) is 5.34. The summed E-state index contributed by atoms with van der Waals surface area (Å²) in [5, 5.41) is 20.2. The highest BCUT2D eigenvalue weighted by molar-refractivity contribution is 5.83. The first kappa shape index (κ1) is 13.5. The lowest BCUT2D eigenvalue weighted by Crippen LogP contribution is -2.35. The van der Waals surface area contributed by atoms with Gasteiger partial charge in [0, 0.05) is 23.7 Å². The Morgan fingerprint density at radius 3 is 2.77 bits per heavy atom. The zero-order valence-electron chi connectivity index (χ0n) is 12.8. The summed E-state index contributed by atoms with van der Waals surface area (Å²) in [6.45, 7) is 0.997. The van der Waals surface area contributed by atoms with E-state index in [-0.39, 0.29) is 11.5 Å². The van der Waals surface area contributed by atoms with Crippen molar-refractivity contribution in [2.75, 3.05) is 20.7 Å². The van der Waals surface area contributed by atoms with Crippen molar-refractivity contribution < 1.29 is 14.9 Å². The van der Waals surface area contributed by atoms with Gasteiger partial charge in [-0.15, -0.1) is 0 Å². The van der Waals surface area contributed by atoms with Crippen LogP contribution in [0.4, 0.5) is 0 Å². The van der Waals surface area contributed by atoms with E-state index < -0.39 is 0 Å². The van der Waals surface area contributed by atoms with Crippen LogP contribution in [0, 0.1) is 0 Å². The van der Waals surface area contributed by atoms with Gasteiger partial charge in [-0.1, -0.05) is 12.1 Å². The summed E-state index contributed by atoms with van der Waals surface area (Å²) < 4.78 is 5.53. The van der Waals surface area contributed by atoms with E-state index >= 15 is 0 Å². The molecule has 4 heteroatoms. The number of hydrogen-bond acceptors (Lipinski definition) is 4. The number of benzene rings is 2. The van der Waals surface area contributed by atoms with Crippen molar-refractivity contribution in [3.8, 4) is 28.4 Å². The van der Waals surface area contributed by atoms with Gasteiger partial charge in [0.15, 0.2) is 11.5 Å². The normalized spacial score (nSPS) is 19.5. The fourth-order valence-corrected chi connectivity index (χ4v) is 3.92. The second-order valence-electron chi connectivity index (χ2n) is 6.13. The number of fused-ring (bicyclic) bond motifs is 2. The molecule has 1 aliphatic heterocycles. The van der Waals surface area contributed by atoms with E-state index in [2.05, 4.69) is 11.9 Å². The average Bonchev–Trinajstić information content (AvgIpc) is 2.53. The Morgan fingerprint density at radius 2 is 2.00 bits per heavy atom. The third-order valence-corrected chi connectivity index (χ3v) is 5.04. The molecule has 0 bridgehead atoms. The number of hydrogen-bond donors (Lipinski definition) is 2. The Balaban J connectivity index is 2.05. The van der Waals surface area contributed by atoms with E-state index in [1.54, 1.807) is 13.2 Å². The molecule has 0 radical (unpaired) electrons. The van der Waals surface area contributed by atoms with Crippen LogP contribution in [0.15, 0.2) is 24.3 Å². The van der Waals surface area contributed by atoms with Crippen LogP contribution in [0.5, 0.6) is 17.2 Å². The molecular weight excluding hydrogens is 278 g/mol. The zero-order valence-corrected chi connectivity index (χ0v) is 12.8. The van der Waals surface area contributed by atoms with Gasteiger partial charge in [0.1, 0.15) is 5.75 Å². The first-order chi connectivity index (χ1) is 10.6. The van der Waals surface area contributed by atoms with E-state index in [4.69, 9.17) is 4.74 Å². The number of phenolic OH excluding ortho intramolecular Hbond substituents is 2. The van der Waals surface area contributed by atoms with Crippen LogP contribution < -0.4 is 4.74 Å². The third-order valence-electron chi connectivity index (χ3n) is 5.04. The van der Waals surface area contributed by atoms with Crippen LogP contribution in [0.1, 0.15) is 22.7 Å². The topological polar surface area (TPSA) is 52.9 Å². The van der Waals surface area contributed by atoms with Crippen molar-refractivity contribution in [1.29, 1.82) is 0 Å². The van der Waals surface area contributed by atoms with Crippen molar-refractivity contribution in [1.82, 2.24) is 4.90 Å². The molecule has 0 amide bonds. The van der Waals surface area contributed by atoms with Crippen molar-refractivity contribution in [3.63, 3.8) is 0 Å². The maximum Gasteiger partial charge on any atom is 0.165 e. The number of rotatable bonds is 1. The fourth-order valence-electron chi connectivity index (χ4n) is 3.92. The summed E-state index contributed by atoms with van der Waals surface area (Å²) in [4.78, 5) is 2.36. The average molecular weight is 297 g/mol. The second kappa shape index (κ2) is 4.65. The Kier molecular flexibility index (Phi) is 2.84. The number of ether oxygens (including phenoxy) is 1. The lowest BCUT2D eigenvalue weighted by atomic mass is 9.76. The predicted molar refractivity (Wildman–Crippen MR) is 84.5 cm³/mol. The van der Waals surface area contributed by atoms with Crippen LogP contribution in [0.3, 0.4) is 0 Å². The molecule has 2 aromatic carbocycles. The highest BCUT2D eigenvalue weighted by Gasteiger charge is 2.35. The summed E-state index contributed by atoms with van der Waals surface area (Å²) >= 11 is 0. The van der Waals surface area contributed by atoms with Crippen molar-refractivity contribution in [3.05, 3.63) is 41.0 Å². The molecule has 4 nitrogen and oxygen atoms in total. The first-order valence-electron chi connectivity index (χ1n) is 7.56. The maximum absolute atomic E-state index is 10.4. The van der Waals surface area contributed by atoms with Gasteiger partial charge in [-0.2, -0.15) is 0 Å². The molecule has 1 heterocycles. The van der Waals surface area contributed by atoms with Gasteiger partial charge in [0.25, 0.3) is 0 Å². The predicted octanol–water partition coefficient (Wildman–Crippen LogP) is 2.86. The van der Waals surface area contributed by atoms with Gasteiger partial charge in [-0.3, -0.25) is 4.90 Å². The SMILES string of the molecule is COc1ccc2c3c1CCN(C)[C@@H]3Cc1ccc(O)c(O)c1-2. The third kappa shape index (κ3) is 1.67. The quantitative estimate of drug-likeness (QED) is 0.795. The largest absolute Gasteiger partial charge is 0.504 e. The molecule has 1 aliphatic carbocycles. The van der Waals surface area contributed by atoms with Crippen molar-refractivity contribution in [2.45, 2.75) is 18.9 Å². The van der Waals surface area contributed by atoms with Gasteiger partial charge in [-0.25, -0.2) is 0 Å². The van der Waals surface area contributed by atoms with E-state index in [0.29, 0.717) is 6.04 Å². The molecule has 0 spiro atoms. The highest BCUT2D eigenvalue weighted by Crippen LogP contribution is 2.51. The fraction of sp³-hybridized carbons (Fsp3) is 0.333. The van der Waals surface area contributed by atoms with Crippen molar-refractivity contribution in [2.24, 2.45) is 0 Å². The van der Waals surface area contributed by atoms with E-state index in [1.807, 2.05) is 18.2 Å². The Morgan fingerprint density at radius 1 is 1.18 bits per heavy atom. The Bertz CT molecular complexity index is 769. The number of phenols is 2. The molecule has 114 valence electrons. The molecule has 1 atom stereocenters. The Labute approximate surface area is 129 Å². The van der Waals surface area contributed by atoms with Gasteiger partial charge in [0.05, 0.1) is 7.11 Å². The number of likely N-dealkylation sites (N-methyl/N-ethyl adjacent to an activating group) is 1. The summed E-state index contributed by atoms with van der Waals surface area (Å²) in [6, 6.07) is 7.76. The van der Waals surface area contributed by atoms with Crippen molar-refractivity contribution >= 4 is 0 Å². The minimum absolute atomic E-state index is 0.0171. The summed E-state index contributed by atoms with van der Waals surface area (Å²) in [6.07, 6.45) is 1.78. The molecule has 2 N–H and O–H groups in total. The highest BCUT2D eigenvalue weighted by atomic mass is 16.5. The molecule has 22 heavy (non-hydrogen) atoms. The standard InChI is InChI=1S/C18H19NO3/c1-19-8-7-11-15(22-2)6-4-12-16-10(9-13(19)17(11)12)3-5-14(20)18(16)21/h3-6,13,20-21H,7-9H2,1-2H3/t13-/m1/s1. The van der Waals surface area contributed by atoms with Crippen LogP contribution in [-0.2, 0) is 12.8 Å². The number of aromatic hydroxyl groups is 2. The van der Waals surface area contributed by atoms with Gasteiger partial charge in [0.2, 0.25) is 0 Å². The van der Waals surface area contributed by atoms with Crippen LogP contribution in [-0.4, -0.2) is 35.8 Å². The lowest BCUT2D eigenvalue weighted by molar-refractivity contribution is 0.225. The molecular formula is C18H19NO3. The monoisotopic (exact) mass is 297 g/mol. The molecule has 0 saturated heterocycles. The van der Waals surface area contributed by atoms with Gasteiger partial charge >= 0.3 is 0 Å². The number of methoxy groups -OCH3 is 1. The minimum Gasteiger partial charge on any atom is -0.504 e. The van der Waals surface area contributed by atoms with Crippen LogP contribution in [0.25, 0.3) is 11.1 Å². The maximum atomic E-state index is 10.4. The lowest BCUT2D eigenvalue weighted by Gasteiger charge is -2.40. The number of nitrogens with zero attached hydrogens (tertiary/aromatic N) is 1. The van der Waals surface area contributed by atoms with Crippen LogP contribution in [0.2, 0.25) is 0 Å². The molecule has 2 aliphatic rings. The van der Waals surface area contributed by atoms with E-state index in [0.717, 1.165) is 41.8 Å². The molecule has 2 aromatic rings. The summed E-state index contributed by atoms with van der Waals surface area (Å²) in [7, 11) is 3.84.